The zero-order valence-electron chi connectivity index (χ0n) is 11.0. The molecule has 3 heteroatoms. The van der Waals surface area contributed by atoms with Crippen LogP contribution < -0.4 is 5.32 Å². The zero-order valence-corrected chi connectivity index (χ0v) is 11.0. The highest BCUT2D eigenvalue weighted by molar-refractivity contribution is 5.05. The molecule has 1 aliphatic rings. The lowest BCUT2D eigenvalue weighted by Gasteiger charge is -2.26. The second-order valence-electron chi connectivity index (χ2n) is 5.04. The lowest BCUT2D eigenvalue weighted by atomic mass is 10.1. The molecule has 0 unspecified atom stereocenters. The van der Waals surface area contributed by atoms with Gasteiger partial charge in [-0.3, -0.25) is 0 Å². The van der Waals surface area contributed by atoms with Crippen LogP contribution in [0, 0.1) is 0 Å². The Kier molecular flexibility index (Phi) is 5.08. The van der Waals surface area contributed by atoms with Crippen molar-refractivity contribution in [2.45, 2.75) is 32.2 Å². The first-order valence-electron chi connectivity index (χ1n) is 6.89. The Hall–Kier alpha value is -0.800. The third-order valence-corrected chi connectivity index (χ3v) is 3.63. The van der Waals surface area contributed by atoms with Crippen molar-refractivity contribution < 1.29 is 0 Å². The minimum atomic E-state index is 0.990. The fourth-order valence-corrected chi connectivity index (χ4v) is 2.51. The molecule has 0 spiro atoms. The average Bonchev–Trinajstić information content (AvgIpc) is 2.76. The van der Waals surface area contributed by atoms with Crippen molar-refractivity contribution in [3.63, 3.8) is 0 Å². The second kappa shape index (κ2) is 6.82. The molecule has 1 aromatic rings. The Labute approximate surface area is 105 Å². The van der Waals surface area contributed by atoms with Crippen molar-refractivity contribution in [2.75, 3.05) is 26.2 Å². The van der Waals surface area contributed by atoms with Crippen LogP contribution in [0.4, 0.5) is 0 Å². The second-order valence-corrected chi connectivity index (χ2v) is 5.04. The lowest BCUT2D eigenvalue weighted by molar-refractivity contribution is 0.225. The molecule has 1 saturated heterocycles. The van der Waals surface area contributed by atoms with E-state index in [-0.39, 0.29) is 0 Å². The van der Waals surface area contributed by atoms with Crippen LogP contribution in [0.3, 0.4) is 0 Å². The molecule has 0 aromatic carbocycles. The molecule has 0 radical (unpaired) electrons. The van der Waals surface area contributed by atoms with Crippen molar-refractivity contribution >= 4 is 0 Å². The molecule has 0 amide bonds. The van der Waals surface area contributed by atoms with Gasteiger partial charge in [0.1, 0.15) is 0 Å². The topological polar surface area (TPSA) is 20.2 Å². The van der Waals surface area contributed by atoms with Gasteiger partial charge in [0.25, 0.3) is 0 Å². The van der Waals surface area contributed by atoms with E-state index in [0.717, 1.165) is 13.1 Å². The number of hydrogen-bond acceptors (Lipinski definition) is 2. The summed E-state index contributed by atoms with van der Waals surface area (Å²) in [6.07, 6.45) is 7.60. The standard InChI is InChI=1S/C14H25N3/c1-16-9-5-7-14(16)13-15-8-6-12-17-10-3-2-4-11-17/h5,7,9,15H,2-4,6,8,10-13H2,1H3. The van der Waals surface area contributed by atoms with Crippen molar-refractivity contribution in [3.05, 3.63) is 24.0 Å². The van der Waals surface area contributed by atoms with Crippen LogP contribution in [0.1, 0.15) is 31.4 Å². The van der Waals surface area contributed by atoms with Gasteiger partial charge >= 0.3 is 0 Å². The van der Waals surface area contributed by atoms with Crippen LogP contribution in [-0.4, -0.2) is 35.6 Å². The first kappa shape index (κ1) is 12.7. The summed E-state index contributed by atoms with van der Waals surface area (Å²) in [6.45, 7) is 6.01. The molecule has 1 aliphatic heterocycles. The molecule has 1 fully saturated rings. The smallest absolute Gasteiger partial charge is 0.0359 e. The van der Waals surface area contributed by atoms with E-state index < -0.39 is 0 Å². The molecule has 1 N–H and O–H groups in total. The van der Waals surface area contributed by atoms with E-state index >= 15 is 0 Å². The third kappa shape index (κ3) is 4.17. The summed E-state index contributed by atoms with van der Waals surface area (Å²) in [5.41, 5.74) is 1.36. The van der Waals surface area contributed by atoms with Gasteiger partial charge in [-0.1, -0.05) is 6.42 Å². The van der Waals surface area contributed by atoms with Crippen LogP contribution in [0.15, 0.2) is 18.3 Å². The van der Waals surface area contributed by atoms with Gasteiger partial charge in [0, 0.05) is 25.5 Å². The van der Waals surface area contributed by atoms with E-state index in [9.17, 15) is 0 Å². The molecule has 0 atom stereocenters. The first-order valence-corrected chi connectivity index (χ1v) is 6.89. The number of aromatic nitrogens is 1. The highest BCUT2D eigenvalue weighted by atomic mass is 15.1. The maximum atomic E-state index is 3.52. The molecule has 0 saturated carbocycles. The summed E-state index contributed by atoms with van der Waals surface area (Å²) in [5.74, 6) is 0. The number of aryl methyl sites for hydroxylation is 1. The van der Waals surface area contributed by atoms with Crippen molar-refractivity contribution in [2.24, 2.45) is 7.05 Å². The molecular formula is C14H25N3. The van der Waals surface area contributed by atoms with Crippen LogP contribution in [0.25, 0.3) is 0 Å². The van der Waals surface area contributed by atoms with E-state index in [4.69, 9.17) is 0 Å². The van der Waals surface area contributed by atoms with Crippen LogP contribution in [-0.2, 0) is 13.6 Å². The minimum absolute atomic E-state index is 0.990. The molecule has 96 valence electrons. The summed E-state index contributed by atoms with van der Waals surface area (Å²) in [5, 5.41) is 3.52. The fourth-order valence-electron chi connectivity index (χ4n) is 2.51. The van der Waals surface area contributed by atoms with Crippen LogP contribution in [0.5, 0.6) is 0 Å². The van der Waals surface area contributed by atoms with Gasteiger partial charge < -0.3 is 14.8 Å². The molecule has 2 heterocycles. The van der Waals surface area contributed by atoms with Gasteiger partial charge in [0.15, 0.2) is 0 Å². The van der Waals surface area contributed by atoms with Gasteiger partial charge in [-0.05, 0) is 57.6 Å². The van der Waals surface area contributed by atoms with E-state index in [0.29, 0.717) is 0 Å². The summed E-state index contributed by atoms with van der Waals surface area (Å²) in [7, 11) is 2.10. The number of piperidine rings is 1. The Morgan fingerprint density at radius 3 is 2.76 bits per heavy atom. The highest BCUT2D eigenvalue weighted by Crippen LogP contribution is 2.08. The molecule has 1 aromatic heterocycles. The Morgan fingerprint density at radius 2 is 2.06 bits per heavy atom. The van der Waals surface area contributed by atoms with Gasteiger partial charge in [0.05, 0.1) is 0 Å². The van der Waals surface area contributed by atoms with Crippen LogP contribution in [0.2, 0.25) is 0 Å². The molecular weight excluding hydrogens is 210 g/mol. The number of hydrogen-bond donors (Lipinski definition) is 1. The van der Waals surface area contributed by atoms with Gasteiger partial charge in [-0.2, -0.15) is 0 Å². The summed E-state index contributed by atoms with van der Waals surface area (Å²) in [4.78, 5) is 2.60. The number of likely N-dealkylation sites (tertiary alicyclic amines) is 1. The van der Waals surface area contributed by atoms with Gasteiger partial charge in [0.2, 0.25) is 0 Å². The molecule has 0 aliphatic carbocycles. The molecule has 0 bridgehead atoms. The molecule has 2 rings (SSSR count). The Balaban J connectivity index is 1.53. The molecule has 17 heavy (non-hydrogen) atoms. The predicted molar refractivity (Wildman–Crippen MR) is 72.0 cm³/mol. The zero-order chi connectivity index (χ0) is 11.9. The van der Waals surface area contributed by atoms with E-state index in [1.807, 2.05) is 0 Å². The Bertz CT molecular complexity index is 313. The normalized spacial score (nSPS) is 17.5. The van der Waals surface area contributed by atoms with Crippen molar-refractivity contribution in [1.29, 1.82) is 0 Å². The Morgan fingerprint density at radius 1 is 1.24 bits per heavy atom. The van der Waals surface area contributed by atoms with E-state index in [2.05, 4.69) is 40.2 Å². The maximum Gasteiger partial charge on any atom is 0.0359 e. The lowest BCUT2D eigenvalue weighted by Crippen LogP contribution is -2.32. The van der Waals surface area contributed by atoms with Crippen molar-refractivity contribution in [1.82, 2.24) is 14.8 Å². The quantitative estimate of drug-likeness (QED) is 0.761. The largest absolute Gasteiger partial charge is 0.353 e. The fraction of sp³-hybridized carbons (Fsp3) is 0.714. The summed E-state index contributed by atoms with van der Waals surface area (Å²) >= 11 is 0. The number of rotatable bonds is 6. The SMILES string of the molecule is Cn1cccc1CNCCCN1CCCCC1. The van der Waals surface area contributed by atoms with E-state index in [1.165, 1.54) is 51.0 Å². The van der Waals surface area contributed by atoms with Gasteiger partial charge in [-0.15, -0.1) is 0 Å². The van der Waals surface area contributed by atoms with Gasteiger partial charge in [-0.25, -0.2) is 0 Å². The summed E-state index contributed by atoms with van der Waals surface area (Å²) in [6, 6.07) is 4.28. The molecule has 3 nitrogen and oxygen atoms in total. The van der Waals surface area contributed by atoms with E-state index in [1.54, 1.807) is 0 Å². The monoisotopic (exact) mass is 235 g/mol. The first-order chi connectivity index (χ1) is 8.36. The number of nitrogens with one attached hydrogen (secondary N) is 1. The minimum Gasteiger partial charge on any atom is -0.353 e. The third-order valence-electron chi connectivity index (χ3n) is 3.63. The van der Waals surface area contributed by atoms with Crippen LogP contribution >= 0.6 is 0 Å². The van der Waals surface area contributed by atoms with Crippen molar-refractivity contribution in [3.8, 4) is 0 Å². The maximum absolute atomic E-state index is 3.52. The average molecular weight is 235 g/mol. The summed E-state index contributed by atoms with van der Waals surface area (Å²) < 4.78 is 2.18. The predicted octanol–water partition coefficient (Wildman–Crippen LogP) is 1.99. The highest BCUT2D eigenvalue weighted by Gasteiger charge is 2.08. The number of nitrogens with zero attached hydrogens (tertiary/aromatic N) is 2.